The van der Waals surface area contributed by atoms with Gasteiger partial charge in [-0.15, -0.1) is 0 Å². The zero-order valence-electron chi connectivity index (χ0n) is 18.1. The average molecular weight is 473 g/mol. The summed E-state index contributed by atoms with van der Waals surface area (Å²) in [5, 5.41) is 2.27. The fraction of sp³-hybridized carbons (Fsp3) is 0.217. The van der Waals surface area contributed by atoms with Crippen molar-refractivity contribution < 1.29 is 33.4 Å². The normalized spacial score (nSPS) is 14.8. The topological polar surface area (TPSA) is 111 Å². The lowest BCUT2D eigenvalue weighted by atomic mass is 10.1. The highest BCUT2D eigenvalue weighted by Crippen LogP contribution is 2.37. The molecule has 0 radical (unpaired) electrons. The number of amides is 4. The van der Waals surface area contributed by atoms with E-state index in [1.165, 1.54) is 25.3 Å². The zero-order chi connectivity index (χ0) is 24.1. The number of nitrogens with one attached hydrogen (secondary N) is 1. The van der Waals surface area contributed by atoms with Crippen molar-refractivity contribution in [2.75, 3.05) is 25.2 Å². The standard InChI is InChI=1S/C23H21ClN2O7/c1-4-32-18-11-14(10-16(24)20(18)33-12-19(27)31-3)9-15-21(28)25-23(30)26(22(15)29)17-8-6-5-7-13(17)2/h5-11H,4,12H2,1-3H3,(H,25,28,30)/b15-9+. The number of para-hydroxylation sites is 1. The van der Waals surface area contributed by atoms with Gasteiger partial charge in [-0.25, -0.2) is 14.5 Å². The SMILES string of the molecule is CCOc1cc(/C=C2\C(=O)NC(=O)N(c3ccccc3C)C2=O)cc(Cl)c1OCC(=O)OC. The Morgan fingerprint density at radius 3 is 2.55 bits per heavy atom. The van der Waals surface area contributed by atoms with Crippen molar-refractivity contribution in [2.45, 2.75) is 13.8 Å². The van der Waals surface area contributed by atoms with Gasteiger partial charge in [0.2, 0.25) is 0 Å². The van der Waals surface area contributed by atoms with Gasteiger partial charge in [0, 0.05) is 0 Å². The second-order valence-corrected chi connectivity index (χ2v) is 7.28. The second kappa shape index (κ2) is 10.2. The molecule has 1 aliphatic heterocycles. The highest BCUT2D eigenvalue weighted by atomic mass is 35.5. The van der Waals surface area contributed by atoms with Crippen LogP contribution in [0.15, 0.2) is 42.0 Å². The van der Waals surface area contributed by atoms with E-state index in [0.29, 0.717) is 16.8 Å². The monoisotopic (exact) mass is 472 g/mol. The van der Waals surface area contributed by atoms with Gasteiger partial charge in [-0.3, -0.25) is 14.9 Å². The van der Waals surface area contributed by atoms with Gasteiger partial charge in [-0.05, 0) is 49.2 Å². The molecule has 0 bridgehead atoms. The molecule has 2 aromatic rings. The van der Waals surface area contributed by atoms with Gasteiger partial charge in [-0.2, -0.15) is 0 Å². The Balaban J connectivity index is 2.00. The van der Waals surface area contributed by atoms with Crippen molar-refractivity contribution in [3.05, 3.63) is 58.1 Å². The van der Waals surface area contributed by atoms with Gasteiger partial charge in [0.15, 0.2) is 18.1 Å². The lowest BCUT2D eigenvalue weighted by molar-refractivity contribution is -0.143. The largest absolute Gasteiger partial charge is 0.490 e. The Labute approximate surface area is 194 Å². The number of aryl methyl sites for hydroxylation is 1. The average Bonchev–Trinajstić information content (AvgIpc) is 2.77. The van der Waals surface area contributed by atoms with Crippen LogP contribution in [0.1, 0.15) is 18.1 Å². The molecular weight excluding hydrogens is 452 g/mol. The van der Waals surface area contributed by atoms with Gasteiger partial charge in [0.05, 0.1) is 24.4 Å². The summed E-state index contributed by atoms with van der Waals surface area (Å²) in [6, 6.07) is 8.92. The van der Waals surface area contributed by atoms with Crippen molar-refractivity contribution in [1.82, 2.24) is 5.32 Å². The van der Waals surface area contributed by atoms with Crippen LogP contribution in [-0.4, -0.2) is 44.1 Å². The second-order valence-electron chi connectivity index (χ2n) is 6.87. The minimum Gasteiger partial charge on any atom is -0.490 e. The number of carbonyl (C=O) groups is 4. The summed E-state index contributed by atoms with van der Waals surface area (Å²) in [5.41, 5.74) is 1.13. The summed E-state index contributed by atoms with van der Waals surface area (Å²) in [5.74, 6) is -1.91. The predicted molar refractivity (Wildman–Crippen MR) is 120 cm³/mol. The number of carbonyl (C=O) groups excluding carboxylic acids is 4. The first-order valence-corrected chi connectivity index (χ1v) is 10.3. The summed E-state index contributed by atoms with van der Waals surface area (Å²) in [6.07, 6.45) is 1.30. The number of urea groups is 1. The van der Waals surface area contributed by atoms with Crippen LogP contribution in [0.3, 0.4) is 0 Å². The number of nitrogens with zero attached hydrogens (tertiary/aromatic N) is 1. The number of halogens is 1. The number of anilines is 1. The van der Waals surface area contributed by atoms with Crippen LogP contribution in [0, 0.1) is 6.92 Å². The first-order valence-electron chi connectivity index (χ1n) is 9.89. The number of esters is 1. The van der Waals surface area contributed by atoms with Gasteiger partial charge in [0.25, 0.3) is 11.8 Å². The van der Waals surface area contributed by atoms with Gasteiger partial charge in [-0.1, -0.05) is 29.8 Å². The van der Waals surface area contributed by atoms with E-state index in [9.17, 15) is 19.2 Å². The van der Waals surface area contributed by atoms with Crippen molar-refractivity contribution in [3.8, 4) is 11.5 Å². The first-order chi connectivity index (χ1) is 15.8. The Morgan fingerprint density at radius 2 is 1.88 bits per heavy atom. The van der Waals surface area contributed by atoms with Gasteiger partial charge in [0.1, 0.15) is 5.57 Å². The minimum absolute atomic E-state index is 0.0900. The van der Waals surface area contributed by atoms with Gasteiger partial charge < -0.3 is 14.2 Å². The van der Waals surface area contributed by atoms with E-state index in [4.69, 9.17) is 21.1 Å². The third kappa shape index (κ3) is 5.15. The smallest absolute Gasteiger partial charge is 0.343 e. The quantitative estimate of drug-likeness (QED) is 0.374. The molecule has 3 rings (SSSR count). The molecule has 0 spiro atoms. The molecule has 1 saturated heterocycles. The Kier molecular flexibility index (Phi) is 7.34. The van der Waals surface area contributed by atoms with Crippen LogP contribution >= 0.6 is 11.6 Å². The summed E-state index contributed by atoms with van der Waals surface area (Å²) >= 11 is 6.32. The molecule has 0 atom stereocenters. The molecule has 1 aliphatic rings. The van der Waals surface area contributed by atoms with E-state index < -0.39 is 23.8 Å². The highest BCUT2D eigenvalue weighted by molar-refractivity contribution is 6.39. The molecular formula is C23H21ClN2O7. The van der Waals surface area contributed by atoms with Gasteiger partial charge >= 0.3 is 12.0 Å². The number of methoxy groups -OCH3 is 1. The van der Waals surface area contributed by atoms with Crippen LogP contribution < -0.4 is 19.7 Å². The summed E-state index contributed by atoms with van der Waals surface area (Å²) in [4.78, 5) is 50.3. The van der Waals surface area contributed by atoms with E-state index in [1.54, 1.807) is 38.1 Å². The number of benzene rings is 2. The van der Waals surface area contributed by atoms with Crippen molar-refractivity contribution >= 4 is 47.2 Å². The van der Waals surface area contributed by atoms with E-state index in [-0.39, 0.29) is 35.3 Å². The number of hydrogen-bond donors (Lipinski definition) is 1. The molecule has 1 fully saturated rings. The number of hydrogen-bond acceptors (Lipinski definition) is 7. The molecule has 0 saturated carbocycles. The number of imide groups is 2. The predicted octanol–water partition coefficient (Wildman–Crippen LogP) is 3.27. The number of barbiturate groups is 1. The van der Waals surface area contributed by atoms with Crippen LogP contribution in [-0.2, 0) is 19.1 Å². The van der Waals surface area contributed by atoms with Crippen LogP contribution in [0.4, 0.5) is 10.5 Å². The van der Waals surface area contributed by atoms with Crippen molar-refractivity contribution in [2.24, 2.45) is 0 Å². The molecule has 1 heterocycles. The minimum atomic E-state index is -0.838. The summed E-state index contributed by atoms with van der Waals surface area (Å²) < 4.78 is 15.5. The molecule has 0 aromatic heterocycles. The Hall–Kier alpha value is -3.85. The molecule has 2 aromatic carbocycles. The van der Waals surface area contributed by atoms with Crippen LogP contribution in [0.2, 0.25) is 5.02 Å². The number of ether oxygens (including phenoxy) is 3. The molecule has 10 heteroatoms. The Bertz CT molecular complexity index is 1160. The fourth-order valence-corrected chi connectivity index (χ4v) is 3.40. The maximum Gasteiger partial charge on any atom is 0.343 e. The molecule has 1 N–H and O–H groups in total. The maximum atomic E-state index is 13.1. The van der Waals surface area contributed by atoms with Crippen molar-refractivity contribution in [1.29, 1.82) is 0 Å². The summed E-state index contributed by atoms with van der Waals surface area (Å²) in [7, 11) is 1.23. The Morgan fingerprint density at radius 1 is 1.15 bits per heavy atom. The highest BCUT2D eigenvalue weighted by Gasteiger charge is 2.37. The third-order valence-electron chi connectivity index (χ3n) is 4.66. The number of rotatable bonds is 7. The van der Waals surface area contributed by atoms with E-state index >= 15 is 0 Å². The lowest BCUT2D eigenvalue weighted by Crippen LogP contribution is -2.54. The molecule has 172 valence electrons. The fourth-order valence-electron chi connectivity index (χ4n) is 3.12. The lowest BCUT2D eigenvalue weighted by Gasteiger charge is -2.27. The molecule has 0 aliphatic carbocycles. The third-order valence-corrected chi connectivity index (χ3v) is 4.94. The maximum absolute atomic E-state index is 13.1. The zero-order valence-corrected chi connectivity index (χ0v) is 18.9. The van der Waals surface area contributed by atoms with Crippen molar-refractivity contribution in [3.63, 3.8) is 0 Å². The van der Waals surface area contributed by atoms with E-state index in [0.717, 1.165) is 4.90 Å². The van der Waals surface area contributed by atoms with Crippen LogP contribution in [0.5, 0.6) is 11.5 Å². The summed E-state index contributed by atoms with van der Waals surface area (Å²) in [6.45, 7) is 3.37. The molecule has 0 unspecified atom stereocenters. The first kappa shape index (κ1) is 23.8. The van der Waals surface area contributed by atoms with E-state index in [2.05, 4.69) is 10.1 Å². The molecule has 9 nitrogen and oxygen atoms in total. The molecule has 33 heavy (non-hydrogen) atoms. The van der Waals surface area contributed by atoms with Crippen LogP contribution in [0.25, 0.3) is 6.08 Å². The van der Waals surface area contributed by atoms with E-state index in [1.807, 2.05) is 0 Å². The molecule has 4 amide bonds.